The number of hydrogen-bond acceptors (Lipinski definition) is 3. The normalized spacial score (nSPS) is 9.83. The predicted octanol–water partition coefficient (Wildman–Crippen LogP) is 1.35. The van der Waals surface area contributed by atoms with E-state index in [0.717, 1.165) is 0 Å². The van der Waals surface area contributed by atoms with E-state index in [1.165, 1.54) is 12.1 Å². The van der Waals surface area contributed by atoms with Crippen molar-refractivity contribution in [2.75, 3.05) is 0 Å². The van der Waals surface area contributed by atoms with Gasteiger partial charge < -0.3 is 10.2 Å². The van der Waals surface area contributed by atoms with E-state index in [0.29, 0.717) is 11.3 Å². The highest BCUT2D eigenvalue weighted by Crippen LogP contribution is 2.25. The molecule has 0 atom stereocenters. The summed E-state index contributed by atoms with van der Waals surface area (Å²) in [5, 5.41) is 18.3. The van der Waals surface area contributed by atoms with Crippen LogP contribution >= 0.6 is 11.6 Å². The first kappa shape index (κ1) is 9.03. The molecular weight excluding hydrogens is 180 g/mol. The van der Waals surface area contributed by atoms with Crippen molar-refractivity contribution in [2.45, 2.75) is 6.61 Å². The second-order valence-corrected chi connectivity index (χ2v) is 2.72. The topological polar surface area (TPSA) is 57.5 Å². The van der Waals surface area contributed by atoms with Gasteiger partial charge in [0.1, 0.15) is 5.75 Å². The van der Waals surface area contributed by atoms with Crippen molar-refractivity contribution < 1.29 is 15.0 Å². The summed E-state index contributed by atoms with van der Waals surface area (Å²) >= 11 is 5.60. The van der Waals surface area contributed by atoms with Crippen LogP contribution in [-0.2, 0) is 6.61 Å². The number of aliphatic hydroxyl groups is 1. The zero-order chi connectivity index (χ0) is 9.14. The molecule has 0 saturated carbocycles. The van der Waals surface area contributed by atoms with Gasteiger partial charge in [-0.2, -0.15) is 0 Å². The van der Waals surface area contributed by atoms with Crippen LogP contribution in [0.1, 0.15) is 15.9 Å². The van der Waals surface area contributed by atoms with Crippen LogP contribution in [-0.4, -0.2) is 16.5 Å². The number of phenols is 1. The van der Waals surface area contributed by atoms with Gasteiger partial charge in [-0.15, -0.1) is 0 Å². The zero-order valence-corrected chi connectivity index (χ0v) is 6.88. The highest BCUT2D eigenvalue weighted by atomic mass is 35.5. The molecule has 0 amide bonds. The maximum absolute atomic E-state index is 10.3. The fourth-order valence-corrected chi connectivity index (χ4v) is 1.14. The van der Waals surface area contributed by atoms with Gasteiger partial charge >= 0.3 is 0 Å². The molecule has 3 nitrogen and oxygen atoms in total. The fourth-order valence-electron chi connectivity index (χ4n) is 0.889. The molecule has 0 spiro atoms. The number of hydrogen-bond donors (Lipinski definition) is 2. The number of halogens is 1. The molecule has 1 aromatic rings. The van der Waals surface area contributed by atoms with Gasteiger partial charge in [-0.1, -0.05) is 11.6 Å². The van der Waals surface area contributed by atoms with Crippen molar-refractivity contribution in [1.82, 2.24) is 0 Å². The monoisotopic (exact) mass is 186 g/mol. The fraction of sp³-hybridized carbons (Fsp3) is 0.125. The molecular formula is C8H7ClO3. The minimum atomic E-state index is -0.340. The molecule has 0 unspecified atom stereocenters. The first-order valence-electron chi connectivity index (χ1n) is 3.26. The second-order valence-electron chi connectivity index (χ2n) is 2.28. The number of benzene rings is 1. The number of aldehydes is 1. The molecule has 0 aliphatic heterocycles. The Morgan fingerprint density at radius 2 is 2.17 bits per heavy atom. The molecule has 0 fully saturated rings. The van der Waals surface area contributed by atoms with Gasteiger partial charge in [-0.05, 0) is 12.1 Å². The van der Waals surface area contributed by atoms with E-state index in [1.54, 1.807) is 0 Å². The number of rotatable bonds is 2. The molecule has 1 aromatic carbocycles. The average Bonchev–Trinajstić information content (AvgIpc) is 2.08. The Morgan fingerprint density at radius 3 is 2.67 bits per heavy atom. The summed E-state index contributed by atoms with van der Waals surface area (Å²) in [6, 6.07) is 2.74. The minimum Gasteiger partial charge on any atom is -0.507 e. The van der Waals surface area contributed by atoms with E-state index in [-0.39, 0.29) is 23.5 Å². The van der Waals surface area contributed by atoms with Crippen molar-refractivity contribution >= 4 is 17.9 Å². The molecule has 0 radical (unpaired) electrons. The first-order valence-corrected chi connectivity index (χ1v) is 3.64. The average molecular weight is 187 g/mol. The van der Waals surface area contributed by atoms with Crippen molar-refractivity contribution in [3.63, 3.8) is 0 Å². The van der Waals surface area contributed by atoms with Gasteiger partial charge in [-0.3, -0.25) is 4.79 Å². The summed E-state index contributed by atoms with van der Waals surface area (Å²) < 4.78 is 0. The number of carbonyl (C=O) groups is 1. The van der Waals surface area contributed by atoms with Gasteiger partial charge in [0.2, 0.25) is 0 Å². The standard InChI is InChI=1S/C8H7ClO3/c9-7-1-5(3-10)8(12)6(2-7)4-11/h1-3,11-12H,4H2. The third kappa shape index (κ3) is 1.57. The molecule has 2 N–H and O–H groups in total. The Kier molecular flexibility index (Phi) is 2.68. The van der Waals surface area contributed by atoms with E-state index < -0.39 is 0 Å². The predicted molar refractivity (Wildman–Crippen MR) is 44.4 cm³/mol. The van der Waals surface area contributed by atoms with Gasteiger partial charge in [0.25, 0.3) is 0 Å². The third-order valence-electron chi connectivity index (χ3n) is 1.48. The molecule has 4 heteroatoms. The maximum atomic E-state index is 10.3. The molecule has 12 heavy (non-hydrogen) atoms. The number of aliphatic hydroxyl groups excluding tert-OH is 1. The quantitative estimate of drug-likeness (QED) is 0.686. The molecule has 0 aliphatic rings. The highest BCUT2D eigenvalue weighted by Gasteiger charge is 2.07. The lowest BCUT2D eigenvalue weighted by molar-refractivity contribution is 0.112. The van der Waals surface area contributed by atoms with Crippen LogP contribution in [0.2, 0.25) is 5.02 Å². The van der Waals surface area contributed by atoms with E-state index >= 15 is 0 Å². The summed E-state index contributed by atoms with van der Waals surface area (Å²) in [5.74, 6) is -0.211. The number of aromatic hydroxyl groups is 1. The van der Waals surface area contributed by atoms with Gasteiger partial charge in [0, 0.05) is 10.6 Å². The number of carbonyl (C=O) groups excluding carboxylic acids is 1. The Morgan fingerprint density at radius 1 is 1.50 bits per heavy atom. The Bertz CT molecular complexity index is 309. The highest BCUT2D eigenvalue weighted by molar-refractivity contribution is 6.31. The van der Waals surface area contributed by atoms with Crippen molar-refractivity contribution in [3.05, 3.63) is 28.3 Å². The summed E-state index contributed by atoms with van der Waals surface area (Å²) in [4.78, 5) is 10.3. The van der Waals surface area contributed by atoms with Gasteiger partial charge in [0.05, 0.1) is 12.2 Å². The van der Waals surface area contributed by atoms with Crippen LogP contribution < -0.4 is 0 Å². The Balaban J connectivity index is 3.31. The van der Waals surface area contributed by atoms with E-state index in [2.05, 4.69) is 0 Å². The summed E-state index contributed by atoms with van der Waals surface area (Å²) in [7, 11) is 0. The van der Waals surface area contributed by atoms with E-state index in [1.807, 2.05) is 0 Å². The van der Waals surface area contributed by atoms with Gasteiger partial charge in [-0.25, -0.2) is 0 Å². The second kappa shape index (κ2) is 3.56. The summed E-state index contributed by atoms with van der Waals surface area (Å²) in [5.41, 5.74) is 0.344. The largest absolute Gasteiger partial charge is 0.507 e. The van der Waals surface area contributed by atoms with Crippen LogP contribution in [0.5, 0.6) is 5.75 Å². The Labute approximate surface area is 74.2 Å². The van der Waals surface area contributed by atoms with Crippen LogP contribution in [0.25, 0.3) is 0 Å². The first-order chi connectivity index (χ1) is 5.69. The van der Waals surface area contributed by atoms with Crippen molar-refractivity contribution in [3.8, 4) is 5.75 Å². The molecule has 64 valence electrons. The van der Waals surface area contributed by atoms with Crippen LogP contribution in [0.4, 0.5) is 0 Å². The molecule has 0 saturated heterocycles. The van der Waals surface area contributed by atoms with Crippen LogP contribution in [0, 0.1) is 0 Å². The minimum absolute atomic E-state index is 0.0894. The van der Waals surface area contributed by atoms with Crippen LogP contribution in [0.15, 0.2) is 12.1 Å². The van der Waals surface area contributed by atoms with Crippen molar-refractivity contribution in [2.24, 2.45) is 0 Å². The van der Waals surface area contributed by atoms with Crippen LogP contribution in [0.3, 0.4) is 0 Å². The van der Waals surface area contributed by atoms with Gasteiger partial charge in [0.15, 0.2) is 6.29 Å². The molecule has 0 bridgehead atoms. The van der Waals surface area contributed by atoms with Crippen molar-refractivity contribution in [1.29, 1.82) is 0 Å². The SMILES string of the molecule is O=Cc1cc(Cl)cc(CO)c1O. The lowest BCUT2D eigenvalue weighted by Gasteiger charge is -2.03. The maximum Gasteiger partial charge on any atom is 0.153 e. The molecule has 0 heterocycles. The molecule has 0 aliphatic carbocycles. The smallest absolute Gasteiger partial charge is 0.153 e. The summed E-state index contributed by atoms with van der Waals surface area (Å²) in [6.07, 6.45) is 0.486. The lowest BCUT2D eigenvalue weighted by atomic mass is 10.1. The van der Waals surface area contributed by atoms with E-state index in [9.17, 15) is 9.90 Å². The molecule has 0 aromatic heterocycles. The lowest BCUT2D eigenvalue weighted by Crippen LogP contribution is -1.89. The third-order valence-corrected chi connectivity index (χ3v) is 1.70. The summed E-state index contributed by atoms with van der Waals surface area (Å²) in [6.45, 7) is -0.340. The molecule has 1 rings (SSSR count). The van der Waals surface area contributed by atoms with E-state index in [4.69, 9.17) is 16.7 Å². The Hall–Kier alpha value is -1.06. The zero-order valence-electron chi connectivity index (χ0n) is 6.12.